The average molecular weight is 128 g/mol. The molecular weight excluding hydrogens is 110 g/mol. The molecule has 0 aromatic heterocycles. The van der Waals surface area contributed by atoms with Gasteiger partial charge in [0.05, 0.1) is 14.1 Å². The van der Waals surface area contributed by atoms with Crippen molar-refractivity contribution in [1.29, 1.82) is 0 Å². The summed E-state index contributed by atoms with van der Waals surface area (Å²) >= 11 is 0. The highest BCUT2D eigenvalue weighted by Crippen LogP contribution is 2.43. The van der Waals surface area contributed by atoms with Gasteiger partial charge in [-0.15, -0.1) is 0 Å². The lowest BCUT2D eigenvalue weighted by atomic mass is 9.98. The number of quaternary nitrogens is 1. The van der Waals surface area contributed by atoms with Gasteiger partial charge in [0.15, 0.2) is 0 Å². The zero-order valence-electron chi connectivity index (χ0n) is 7.23. The fourth-order valence-electron chi connectivity index (χ4n) is 1.65. The smallest absolute Gasteiger partial charge is 0.148 e. The molecule has 1 heteroatoms. The van der Waals surface area contributed by atoms with Crippen LogP contribution in [0.25, 0.3) is 0 Å². The van der Waals surface area contributed by atoms with Gasteiger partial charge in [-0.25, -0.2) is 0 Å². The molecule has 0 saturated carbocycles. The zero-order chi connectivity index (χ0) is 7.28. The molecule has 0 amide bonds. The summed E-state index contributed by atoms with van der Waals surface area (Å²) in [6.45, 7) is 8.35. The zero-order valence-corrected chi connectivity index (χ0v) is 7.23. The van der Waals surface area contributed by atoms with Crippen molar-refractivity contribution in [3.63, 3.8) is 0 Å². The minimum atomic E-state index is 0.583. The molecule has 1 nitrogen and oxygen atoms in total. The summed E-state index contributed by atoms with van der Waals surface area (Å²) < 4.78 is 1.21. The third-order valence-electron chi connectivity index (χ3n) is 3.24. The first-order valence-electron chi connectivity index (χ1n) is 3.73. The van der Waals surface area contributed by atoms with Crippen LogP contribution in [0.4, 0.5) is 0 Å². The van der Waals surface area contributed by atoms with E-state index < -0.39 is 0 Å². The Bertz CT molecular complexity index is 127. The predicted octanol–water partition coefficient (Wildman–Crippen LogP) is 1.49. The van der Waals surface area contributed by atoms with Gasteiger partial charge >= 0.3 is 0 Å². The van der Waals surface area contributed by atoms with Gasteiger partial charge in [0, 0.05) is 5.92 Å². The Morgan fingerprint density at radius 1 is 1.33 bits per heavy atom. The summed E-state index contributed by atoms with van der Waals surface area (Å²) in [4.78, 5) is 0. The van der Waals surface area contributed by atoms with Crippen molar-refractivity contribution in [3.05, 3.63) is 0 Å². The monoisotopic (exact) mass is 128 g/mol. The van der Waals surface area contributed by atoms with Crippen molar-refractivity contribution < 1.29 is 4.48 Å². The van der Waals surface area contributed by atoms with Crippen LogP contribution in [0.15, 0.2) is 0 Å². The van der Waals surface area contributed by atoms with Gasteiger partial charge in [-0.2, -0.15) is 0 Å². The molecule has 1 aliphatic rings. The Kier molecular flexibility index (Phi) is 1.19. The average Bonchev–Trinajstić information content (AvgIpc) is 2.08. The first kappa shape index (κ1) is 7.07. The van der Waals surface area contributed by atoms with E-state index in [9.17, 15) is 0 Å². The third-order valence-corrected chi connectivity index (χ3v) is 3.24. The maximum Gasteiger partial charge on any atom is 0.148 e. The number of rotatable bonds is 1. The molecule has 1 unspecified atom stereocenters. The maximum absolute atomic E-state index is 2.37. The van der Waals surface area contributed by atoms with Crippen LogP contribution in [-0.2, 0) is 0 Å². The van der Waals surface area contributed by atoms with Gasteiger partial charge in [0.2, 0.25) is 0 Å². The van der Waals surface area contributed by atoms with Gasteiger partial charge in [-0.1, -0.05) is 13.8 Å². The second-order valence-electron chi connectivity index (χ2n) is 4.35. The van der Waals surface area contributed by atoms with E-state index in [-0.39, 0.29) is 0 Å². The van der Waals surface area contributed by atoms with E-state index >= 15 is 0 Å². The number of hydrogen-bond donors (Lipinski definition) is 0. The second-order valence-corrected chi connectivity index (χ2v) is 4.35. The lowest BCUT2D eigenvalue weighted by molar-refractivity contribution is -0.788. The molecule has 1 aliphatic heterocycles. The Morgan fingerprint density at radius 2 is 1.67 bits per heavy atom. The van der Waals surface area contributed by atoms with Crippen LogP contribution in [0, 0.1) is 5.92 Å². The van der Waals surface area contributed by atoms with E-state index in [4.69, 9.17) is 0 Å². The van der Waals surface area contributed by atoms with E-state index in [1.807, 2.05) is 0 Å². The van der Waals surface area contributed by atoms with Crippen molar-refractivity contribution in [1.82, 2.24) is 0 Å². The van der Waals surface area contributed by atoms with E-state index in [0.717, 1.165) is 5.92 Å². The lowest BCUT2D eigenvalue weighted by Gasteiger charge is -2.17. The molecule has 9 heavy (non-hydrogen) atoms. The van der Waals surface area contributed by atoms with Crippen molar-refractivity contribution in [2.75, 3.05) is 20.6 Å². The van der Waals surface area contributed by atoms with Crippen molar-refractivity contribution in [2.45, 2.75) is 26.3 Å². The molecule has 0 N–H and O–H groups in total. The van der Waals surface area contributed by atoms with Crippen molar-refractivity contribution in [2.24, 2.45) is 5.92 Å². The molecule has 1 fully saturated rings. The SMILES string of the molecule is CC(C)C1(C)C[N+]1(C)C. The van der Waals surface area contributed by atoms with Crippen LogP contribution in [0.1, 0.15) is 20.8 Å². The highest BCUT2D eigenvalue weighted by molar-refractivity contribution is 4.90. The van der Waals surface area contributed by atoms with E-state index in [1.54, 1.807) is 0 Å². The van der Waals surface area contributed by atoms with Gasteiger partial charge in [0.1, 0.15) is 12.1 Å². The summed E-state index contributed by atoms with van der Waals surface area (Å²) in [7, 11) is 4.61. The molecule has 0 spiro atoms. The lowest BCUT2D eigenvalue weighted by Crippen LogP contribution is -2.29. The quantitative estimate of drug-likeness (QED) is 0.371. The summed E-state index contributed by atoms with van der Waals surface area (Å²) in [5.41, 5.74) is 0.583. The molecule has 1 atom stereocenters. The van der Waals surface area contributed by atoms with Gasteiger partial charge < -0.3 is 4.48 Å². The van der Waals surface area contributed by atoms with Crippen LogP contribution >= 0.6 is 0 Å². The van der Waals surface area contributed by atoms with Crippen LogP contribution in [0.5, 0.6) is 0 Å². The summed E-state index contributed by atoms with van der Waals surface area (Å²) in [6.07, 6.45) is 0. The topological polar surface area (TPSA) is 0 Å². The molecule has 0 bridgehead atoms. The number of hydrogen-bond acceptors (Lipinski definition) is 0. The highest BCUT2D eigenvalue weighted by atomic mass is 15.5. The Hall–Kier alpha value is -0.0400. The van der Waals surface area contributed by atoms with Crippen LogP contribution < -0.4 is 0 Å². The first-order valence-corrected chi connectivity index (χ1v) is 3.73. The molecule has 1 saturated heterocycles. The molecule has 0 aromatic carbocycles. The summed E-state index contributed by atoms with van der Waals surface area (Å²) in [6, 6.07) is 0. The van der Waals surface area contributed by atoms with Crippen molar-refractivity contribution >= 4 is 0 Å². The van der Waals surface area contributed by atoms with Gasteiger partial charge in [0.25, 0.3) is 0 Å². The van der Waals surface area contributed by atoms with Gasteiger partial charge in [-0.3, -0.25) is 0 Å². The standard InChI is InChI=1S/C8H18N/c1-7(2)8(3)6-9(8,4)5/h7H,6H2,1-5H3/q+1. The highest BCUT2D eigenvalue weighted by Gasteiger charge is 2.61. The number of nitrogens with zero attached hydrogens (tertiary/aromatic N) is 1. The van der Waals surface area contributed by atoms with E-state index in [2.05, 4.69) is 34.9 Å². The fourth-order valence-corrected chi connectivity index (χ4v) is 1.65. The fraction of sp³-hybridized carbons (Fsp3) is 1.00. The van der Waals surface area contributed by atoms with E-state index in [1.165, 1.54) is 11.0 Å². The molecule has 1 heterocycles. The van der Waals surface area contributed by atoms with Crippen LogP contribution in [-0.4, -0.2) is 30.7 Å². The van der Waals surface area contributed by atoms with Crippen molar-refractivity contribution in [3.8, 4) is 0 Å². The molecule has 1 rings (SSSR count). The Balaban J connectivity index is 2.63. The number of likely N-dealkylation sites (N-methyl/N-ethyl adjacent to an activating group) is 1. The summed E-state index contributed by atoms with van der Waals surface area (Å²) in [5, 5.41) is 0. The first-order chi connectivity index (χ1) is 3.90. The Labute approximate surface area is 58.3 Å². The predicted molar refractivity (Wildman–Crippen MR) is 40.2 cm³/mol. The van der Waals surface area contributed by atoms with Crippen LogP contribution in [0.2, 0.25) is 0 Å². The molecule has 0 radical (unpaired) electrons. The minimum Gasteiger partial charge on any atom is -0.314 e. The molecule has 0 aliphatic carbocycles. The maximum atomic E-state index is 2.37. The normalized spacial score (nSPS) is 39.3. The van der Waals surface area contributed by atoms with Gasteiger partial charge in [-0.05, 0) is 6.92 Å². The van der Waals surface area contributed by atoms with E-state index in [0.29, 0.717) is 5.54 Å². The largest absolute Gasteiger partial charge is 0.314 e. The minimum absolute atomic E-state index is 0.583. The third kappa shape index (κ3) is 0.787. The molecule has 0 aromatic rings. The second kappa shape index (κ2) is 1.51. The van der Waals surface area contributed by atoms with Crippen LogP contribution in [0.3, 0.4) is 0 Å². The molecular formula is C8H18N+. The summed E-state index contributed by atoms with van der Waals surface area (Å²) in [5.74, 6) is 0.826. The molecule has 54 valence electrons. The Morgan fingerprint density at radius 3 is 1.67 bits per heavy atom.